The van der Waals surface area contributed by atoms with Gasteiger partial charge < -0.3 is 9.64 Å². The van der Waals surface area contributed by atoms with Gasteiger partial charge in [-0.1, -0.05) is 0 Å². The fraction of sp³-hybridized carbons (Fsp3) is 0.857. The highest BCUT2D eigenvalue weighted by molar-refractivity contribution is 5.77. The Morgan fingerprint density at radius 3 is 2.20 bits per heavy atom. The van der Waals surface area contributed by atoms with E-state index in [0.717, 1.165) is 13.1 Å². The number of methoxy groups -OCH3 is 1. The van der Waals surface area contributed by atoms with Crippen LogP contribution in [0.1, 0.15) is 13.8 Å². The largest absolute Gasteiger partial charge is 0.375 e. The van der Waals surface area contributed by atoms with Crippen molar-refractivity contribution in [3.63, 3.8) is 0 Å². The number of carbonyl (C=O) groups excluding carboxylic acids is 1. The summed E-state index contributed by atoms with van der Waals surface area (Å²) < 4.78 is 4.70. The highest BCUT2D eigenvalue weighted by Gasteiger charge is 2.06. The van der Waals surface area contributed by atoms with Crippen molar-refractivity contribution in [2.45, 2.75) is 13.8 Å². The fourth-order valence-electron chi connectivity index (χ4n) is 0.791. The Kier molecular flexibility index (Phi) is 4.94. The molecule has 0 saturated carbocycles. The standard InChI is InChI=1S/C7H15NO2/c1-4-8(5-2)7(9)6-10-3/h4-6H2,1-3H3. The number of ether oxygens (including phenoxy) is 1. The molecule has 3 heteroatoms. The molecule has 0 aromatic rings. The van der Waals surface area contributed by atoms with Gasteiger partial charge in [-0.25, -0.2) is 0 Å². The molecule has 0 bridgehead atoms. The summed E-state index contributed by atoms with van der Waals surface area (Å²) in [6.45, 7) is 5.63. The molecule has 0 unspecified atom stereocenters. The van der Waals surface area contributed by atoms with Gasteiger partial charge in [0.2, 0.25) is 5.91 Å². The highest BCUT2D eigenvalue weighted by Crippen LogP contribution is 1.87. The molecule has 1 amide bonds. The third-order valence-electron chi connectivity index (χ3n) is 1.38. The zero-order valence-electron chi connectivity index (χ0n) is 6.89. The maximum Gasteiger partial charge on any atom is 0.248 e. The van der Waals surface area contributed by atoms with Crippen LogP contribution in [0.4, 0.5) is 0 Å². The van der Waals surface area contributed by atoms with Gasteiger partial charge in [0.1, 0.15) is 6.61 Å². The van der Waals surface area contributed by atoms with E-state index in [0.29, 0.717) is 0 Å². The van der Waals surface area contributed by atoms with E-state index < -0.39 is 0 Å². The van der Waals surface area contributed by atoms with Gasteiger partial charge in [0.25, 0.3) is 0 Å². The minimum absolute atomic E-state index is 0.0625. The lowest BCUT2D eigenvalue weighted by molar-refractivity contribution is -0.134. The molecule has 0 aromatic carbocycles. The molecule has 0 heterocycles. The van der Waals surface area contributed by atoms with Crippen LogP contribution in [0.25, 0.3) is 0 Å². The lowest BCUT2D eigenvalue weighted by atomic mass is 10.5. The molecule has 0 fully saturated rings. The zero-order chi connectivity index (χ0) is 7.98. The third-order valence-corrected chi connectivity index (χ3v) is 1.38. The van der Waals surface area contributed by atoms with Crippen LogP contribution in [0.5, 0.6) is 0 Å². The summed E-state index contributed by atoms with van der Waals surface area (Å²) in [7, 11) is 1.53. The number of hydrogen-bond donors (Lipinski definition) is 0. The summed E-state index contributed by atoms with van der Waals surface area (Å²) in [5.41, 5.74) is 0. The Morgan fingerprint density at radius 2 is 1.90 bits per heavy atom. The van der Waals surface area contributed by atoms with Crippen molar-refractivity contribution in [1.29, 1.82) is 0 Å². The van der Waals surface area contributed by atoms with E-state index in [2.05, 4.69) is 0 Å². The molecular formula is C7H15NO2. The van der Waals surface area contributed by atoms with Crippen LogP contribution >= 0.6 is 0 Å². The van der Waals surface area contributed by atoms with Crippen LogP contribution < -0.4 is 0 Å². The Labute approximate surface area is 62.0 Å². The molecule has 0 aliphatic heterocycles. The van der Waals surface area contributed by atoms with E-state index in [1.165, 1.54) is 7.11 Å². The molecule has 0 aliphatic carbocycles. The summed E-state index contributed by atoms with van der Waals surface area (Å²) in [6.07, 6.45) is 0. The second kappa shape index (κ2) is 5.23. The molecule has 3 nitrogen and oxygen atoms in total. The van der Waals surface area contributed by atoms with Crippen molar-refractivity contribution in [3.8, 4) is 0 Å². The topological polar surface area (TPSA) is 29.5 Å². The fourth-order valence-corrected chi connectivity index (χ4v) is 0.791. The molecule has 60 valence electrons. The monoisotopic (exact) mass is 145 g/mol. The van der Waals surface area contributed by atoms with Gasteiger partial charge in [0, 0.05) is 20.2 Å². The van der Waals surface area contributed by atoms with Gasteiger partial charge in [-0.15, -0.1) is 0 Å². The van der Waals surface area contributed by atoms with Crippen molar-refractivity contribution >= 4 is 5.91 Å². The maximum absolute atomic E-state index is 11.0. The minimum atomic E-state index is 0.0625. The van der Waals surface area contributed by atoms with E-state index in [9.17, 15) is 4.79 Å². The van der Waals surface area contributed by atoms with E-state index in [-0.39, 0.29) is 12.5 Å². The third kappa shape index (κ3) is 2.82. The van der Waals surface area contributed by atoms with Gasteiger partial charge in [-0.05, 0) is 13.8 Å². The summed E-state index contributed by atoms with van der Waals surface area (Å²) in [5.74, 6) is 0.0625. The molecule has 0 saturated heterocycles. The van der Waals surface area contributed by atoms with Gasteiger partial charge in [0.05, 0.1) is 0 Å². The first-order chi connectivity index (χ1) is 4.76. The van der Waals surface area contributed by atoms with Crippen molar-refractivity contribution < 1.29 is 9.53 Å². The average molecular weight is 145 g/mol. The minimum Gasteiger partial charge on any atom is -0.375 e. The lowest BCUT2D eigenvalue weighted by Gasteiger charge is -2.17. The van der Waals surface area contributed by atoms with E-state index in [4.69, 9.17) is 4.74 Å². The van der Waals surface area contributed by atoms with Crippen LogP contribution in [0.3, 0.4) is 0 Å². The summed E-state index contributed by atoms with van der Waals surface area (Å²) in [6, 6.07) is 0. The second-order valence-electron chi connectivity index (χ2n) is 2.00. The molecule has 0 atom stereocenters. The zero-order valence-corrected chi connectivity index (χ0v) is 6.89. The highest BCUT2D eigenvalue weighted by atomic mass is 16.5. The quantitative estimate of drug-likeness (QED) is 0.576. The first-order valence-corrected chi connectivity index (χ1v) is 3.52. The number of hydrogen-bond acceptors (Lipinski definition) is 2. The summed E-state index contributed by atoms with van der Waals surface area (Å²) in [5, 5.41) is 0. The van der Waals surface area contributed by atoms with Crippen molar-refractivity contribution in [2.75, 3.05) is 26.8 Å². The van der Waals surface area contributed by atoms with Gasteiger partial charge >= 0.3 is 0 Å². The van der Waals surface area contributed by atoms with Crippen LogP contribution in [0.15, 0.2) is 0 Å². The SMILES string of the molecule is CCN(CC)C(=O)COC. The molecular weight excluding hydrogens is 130 g/mol. The Morgan fingerprint density at radius 1 is 1.40 bits per heavy atom. The van der Waals surface area contributed by atoms with Crippen molar-refractivity contribution in [3.05, 3.63) is 0 Å². The molecule has 0 spiro atoms. The lowest BCUT2D eigenvalue weighted by Crippen LogP contribution is -2.33. The van der Waals surface area contributed by atoms with Crippen LogP contribution in [0.2, 0.25) is 0 Å². The Hall–Kier alpha value is -0.570. The average Bonchev–Trinajstić information content (AvgIpc) is 1.91. The van der Waals surface area contributed by atoms with Crippen LogP contribution in [-0.2, 0) is 9.53 Å². The Balaban J connectivity index is 3.65. The van der Waals surface area contributed by atoms with E-state index in [1.54, 1.807) is 4.90 Å². The van der Waals surface area contributed by atoms with Gasteiger partial charge in [0.15, 0.2) is 0 Å². The second-order valence-corrected chi connectivity index (χ2v) is 2.00. The molecule has 0 rings (SSSR count). The van der Waals surface area contributed by atoms with Crippen LogP contribution in [0, 0.1) is 0 Å². The van der Waals surface area contributed by atoms with E-state index >= 15 is 0 Å². The van der Waals surface area contributed by atoms with Crippen molar-refractivity contribution in [2.24, 2.45) is 0 Å². The smallest absolute Gasteiger partial charge is 0.248 e. The summed E-state index contributed by atoms with van der Waals surface area (Å²) in [4.78, 5) is 12.7. The molecule has 0 aromatic heterocycles. The van der Waals surface area contributed by atoms with Gasteiger partial charge in [-0.3, -0.25) is 4.79 Å². The van der Waals surface area contributed by atoms with E-state index in [1.807, 2.05) is 13.8 Å². The Bertz CT molecular complexity index is 99.8. The number of rotatable bonds is 4. The number of nitrogens with zero attached hydrogens (tertiary/aromatic N) is 1. The van der Waals surface area contributed by atoms with Gasteiger partial charge in [-0.2, -0.15) is 0 Å². The molecule has 10 heavy (non-hydrogen) atoms. The first kappa shape index (κ1) is 9.43. The number of amides is 1. The molecule has 0 aliphatic rings. The number of carbonyl (C=O) groups is 1. The summed E-state index contributed by atoms with van der Waals surface area (Å²) >= 11 is 0. The predicted molar refractivity (Wildman–Crippen MR) is 39.8 cm³/mol. The first-order valence-electron chi connectivity index (χ1n) is 3.52. The van der Waals surface area contributed by atoms with Crippen molar-refractivity contribution in [1.82, 2.24) is 4.90 Å². The van der Waals surface area contributed by atoms with Crippen LogP contribution in [-0.4, -0.2) is 37.6 Å². The normalized spacial score (nSPS) is 9.50. The number of likely N-dealkylation sites (N-methyl/N-ethyl adjacent to an activating group) is 1. The maximum atomic E-state index is 11.0. The molecule has 0 N–H and O–H groups in total. The molecule has 0 radical (unpaired) electrons. The predicted octanol–water partition coefficient (Wildman–Crippen LogP) is 0.501.